The van der Waals surface area contributed by atoms with Crippen LogP contribution in [0.5, 0.6) is 0 Å². The molecule has 0 radical (unpaired) electrons. The molecule has 1 spiro atoms. The van der Waals surface area contributed by atoms with Crippen LogP contribution in [0.3, 0.4) is 0 Å². The monoisotopic (exact) mass is 448 g/mol. The van der Waals surface area contributed by atoms with E-state index in [1.54, 1.807) is 4.90 Å². The van der Waals surface area contributed by atoms with Crippen LogP contribution >= 0.6 is 0 Å². The molecule has 3 amide bonds. The number of hydrogen-bond donors (Lipinski definition) is 0. The highest BCUT2D eigenvalue weighted by Crippen LogP contribution is 2.60. The first-order valence-corrected chi connectivity index (χ1v) is 11.5. The van der Waals surface area contributed by atoms with E-state index in [1.807, 2.05) is 67.6 Å². The van der Waals surface area contributed by atoms with Crippen LogP contribution in [-0.4, -0.2) is 47.0 Å². The molecule has 0 aromatic heterocycles. The number of nitrogens with zero attached hydrogens (tertiary/aromatic N) is 2. The normalized spacial score (nSPS) is 25.6. The lowest BCUT2D eigenvalue weighted by Crippen LogP contribution is -2.43. The summed E-state index contributed by atoms with van der Waals surface area (Å²) in [6.07, 6.45) is 0.904. The Morgan fingerprint density at radius 3 is 2.33 bits per heavy atom. The van der Waals surface area contributed by atoms with Crippen LogP contribution in [0.4, 0.5) is 9.59 Å². The average Bonchev–Trinajstić information content (AvgIpc) is 3.46. The van der Waals surface area contributed by atoms with Crippen molar-refractivity contribution in [2.75, 3.05) is 13.1 Å². The van der Waals surface area contributed by atoms with Crippen LogP contribution < -0.4 is 0 Å². The molecule has 0 unspecified atom stereocenters. The van der Waals surface area contributed by atoms with E-state index in [9.17, 15) is 14.4 Å². The van der Waals surface area contributed by atoms with Gasteiger partial charge < -0.3 is 14.4 Å². The second kappa shape index (κ2) is 8.54. The molecule has 0 N–H and O–H groups in total. The number of carbonyl (C=O) groups is 3. The quantitative estimate of drug-likeness (QED) is 0.687. The molecule has 0 bridgehead atoms. The summed E-state index contributed by atoms with van der Waals surface area (Å²) in [5.41, 5.74) is 1.71. The fourth-order valence-electron chi connectivity index (χ4n) is 5.21. The number of amides is 3. The molecule has 2 aromatic carbocycles. The van der Waals surface area contributed by atoms with Gasteiger partial charge in [0.25, 0.3) is 0 Å². The number of benzene rings is 2. The molecule has 5 rings (SSSR count). The van der Waals surface area contributed by atoms with E-state index in [0.717, 1.165) is 30.4 Å². The predicted molar refractivity (Wildman–Crippen MR) is 120 cm³/mol. The largest absolute Gasteiger partial charge is 0.445 e. The number of cyclic esters (lactones) is 1. The maximum Gasteiger partial charge on any atom is 0.417 e. The van der Waals surface area contributed by atoms with E-state index in [2.05, 4.69) is 0 Å². The second-order valence-electron chi connectivity index (χ2n) is 9.31. The van der Waals surface area contributed by atoms with Gasteiger partial charge in [0.1, 0.15) is 12.7 Å². The van der Waals surface area contributed by atoms with Crippen molar-refractivity contribution < 1.29 is 23.9 Å². The van der Waals surface area contributed by atoms with Gasteiger partial charge in [0, 0.05) is 19.0 Å². The first-order valence-electron chi connectivity index (χ1n) is 11.5. The Morgan fingerprint density at radius 1 is 1.03 bits per heavy atom. The molecule has 7 nitrogen and oxygen atoms in total. The zero-order chi connectivity index (χ0) is 23.0. The van der Waals surface area contributed by atoms with Crippen LogP contribution in [0.15, 0.2) is 60.7 Å². The van der Waals surface area contributed by atoms with Gasteiger partial charge in [-0.25, -0.2) is 14.5 Å². The molecule has 2 aromatic rings. The smallest absolute Gasteiger partial charge is 0.417 e. The van der Waals surface area contributed by atoms with Crippen LogP contribution in [-0.2, 0) is 20.9 Å². The van der Waals surface area contributed by atoms with E-state index in [0.29, 0.717) is 13.1 Å². The van der Waals surface area contributed by atoms with Crippen LogP contribution in [0.2, 0.25) is 0 Å². The van der Waals surface area contributed by atoms with E-state index in [1.165, 1.54) is 4.90 Å². The maximum absolute atomic E-state index is 13.3. The number of piperidine rings is 1. The second-order valence-corrected chi connectivity index (χ2v) is 9.31. The van der Waals surface area contributed by atoms with Crippen molar-refractivity contribution in [1.29, 1.82) is 0 Å². The molecular weight excluding hydrogens is 420 g/mol. The van der Waals surface area contributed by atoms with Crippen molar-refractivity contribution in [1.82, 2.24) is 9.80 Å². The zero-order valence-electron chi connectivity index (χ0n) is 18.7. The third kappa shape index (κ3) is 4.08. The van der Waals surface area contributed by atoms with Gasteiger partial charge in [-0.15, -0.1) is 0 Å². The minimum atomic E-state index is -0.565. The molecule has 3 aliphatic rings. The fraction of sp³-hybridized carbons (Fsp3) is 0.423. The molecule has 1 aliphatic carbocycles. The van der Waals surface area contributed by atoms with Crippen molar-refractivity contribution in [2.24, 2.45) is 11.3 Å². The van der Waals surface area contributed by atoms with Gasteiger partial charge in [-0.3, -0.25) is 4.79 Å². The molecule has 2 aliphatic heterocycles. The van der Waals surface area contributed by atoms with E-state index in [-0.39, 0.29) is 36.0 Å². The summed E-state index contributed by atoms with van der Waals surface area (Å²) in [5.74, 6) is -0.337. The number of carbonyl (C=O) groups excluding carboxylic acids is 3. The van der Waals surface area contributed by atoms with Gasteiger partial charge in [0.05, 0.1) is 6.04 Å². The molecule has 7 heteroatoms. The lowest BCUT2D eigenvalue weighted by molar-refractivity contribution is -0.131. The molecule has 2 heterocycles. The molecule has 2 saturated heterocycles. The Morgan fingerprint density at radius 2 is 1.67 bits per heavy atom. The Bertz CT molecular complexity index is 1030. The summed E-state index contributed by atoms with van der Waals surface area (Å²) in [6, 6.07) is 18.8. The van der Waals surface area contributed by atoms with Gasteiger partial charge >= 0.3 is 12.2 Å². The summed E-state index contributed by atoms with van der Waals surface area (Å²) in [5, 5.41) is 0. The van der Waals surface area contributed by atoms with Crippen LogP contribution in [0, 0.1) is 11.3 Å². The highest BCUT2D eigenvalue weighted by molar-refractivity contribution is 5.97. The Kier molecular flexibility index (Phi) is 5.56. The summed E-state index contributed by atoms with van der Waals surface area (Å²) >= 11 is 0. The zero-order valence-corrected chi connectivity index (χ0v) is 18.7. The van der Waals surface area contributed by atoms with Gasteiger partial charge in [-0.1, -0.05) is 60.7 Å². The predicted octanol–water partition coefficient (Wildman–Crippen LogP) is 4.53. The first-order chi connectivity index (χ1) is 16.0. The minimum Gasteiger partial charge on any atom is -0.445 e. The van der Waals surface area contributed by atoms with Crippen molar-refractivity contribution in [3.8, 4) is 0 Å². The number of rotatable bonds is 4. The molecule has 3 atom stereocenters. The maximum atomic E-state index is 13.3. The summed E-state index contributed by atoms with van der Waals surface area (Å²) in [7, 11) is 0. The number of imide groups is 1. The molecule has 1 saturated carbocycles. The number of hydrogen-bond acceptors (Lipinski definition) is 5. The average molecular weight is 449 g/mol. The topological polar surface area (TPSA) is 76.2 Å². The lowest BCUT2D eigenvalue weighted by atomic mass is 9.90. The Balaban J connectivity index is 1.15. The fourth-order valence-corrected chi connectivity index (χ4v) is 5.21. The van der Waals surface area contributed by atoms with Gasteiger partial charge in [-0.2, -0.15) is 0 Å². The van der Waals surface area contributed by atoms with Gasteiger partial charge in [0.2, 0.25) is 5.91 Å². The van der Waals surface area contributed by atoms with Crippen LogP contribution in [0.25, 0.3) is 0 Å². The number of ether oxygens (including phenoxy) is 2. The van der Waals surface area contributed by atoms with Crippen molar-refractivity contribution in [3.05, 3.63) is 71.8 Å². The molecule has 33 heavy (non-hydrogen) atoms. The van der Waals surface area contributed by atoms with E-state index < -0.39 is 12.2 Å². The van der Waals surface area contributed by atoms with Gasteiger partial charge in [0.15, 0.2) is 0 Å². The SMILES string of the molecule is C[C@@H]1[C@H](c2ccccc2)OC(=O)N1C(=O)[C@@H]1CC12CCN(C(=O)OCc1ccccc1)CC2. The minimum absolute atomic E-state index is 0.127. The Hall–Kier alpha value is -3.35. The molecular formula is C26H28N2O5. The standard InChI is InChI=1S/C26H28N2O5/c1-18-22(20-10-6-3-7-11-20)33-25(31)28(18)23(29)21-16-26(21)12-14-27(15-13-26)24(30)32-17-19-8-4-2-5-9-19/h2-11,18,21-22H,12-17H2,1H3/t18-,21+,22-/m1/s1. The van der Waals surface area contributed by atoms with Crippen molar-refractivity contribution >= 4 is 18.1 Å². The third-order valence-corrected chi connectivity index (χ3v) is 7.35. The number of likely N-dealkylation sites (tertiary alicyclic amines) is 1. The highest BCUT2D eigenvalue weighted by atomic mass is 16.6. The summed E-state index contributed by atoms with van der Waals surface area (Å²) in [4.78, 5) is 41.3. The molecule has 3 fully saturated rings. The first kappa shape index (κ1) is 21.5. The Labute approximate surface area is 193 Å². The highest BCUT2D eigenvalue weighted by Gasteiger charge is 2.62. The summed E-state index contributed by atoms with van der Waals surface area (Å²) in [6.45, 7) is 3.23. The lowest BCUT2D eigenvalue weighted by Gasteiger charge is -2.32. The van der Waals surface area contributed by atoms with Crippen LogP contribution in [0.1, 0.15) is 43.4 Å². The van der Waals surface area contributed by atoms with Gasteiger partial charge in [-0.05, 0) is 42.7 Å². The van der Waals surface area contributed by atoms with E-state index >= 15 is 0 Å². The third-order valence-electron chi connectivity index (χ3n) is 7.35. The summed E-state index contributed by atoms with van der Waals surface area (Å²) < 4.78 is 11.0. The van der Waals surface area contributed by atoms with Crippen molar-refractivity contribution in [3.63, 3.8) is 0 Å². The van der Waals surface area contributed by atoms with Crippen molar-refractivity contribution in [2.45, 2.75) is 44.9 Å². The molecule has 172 valence electrons. The van der Waals surface area contributed by atoms with E-state index in [4.69, 9.17) is 9.47 Å².